The van der Waals surface area contributed by atoms with Crippen LogP contribution in [-0.4, -0.2) is 43.2 Å². The molecular weight excluding hydrogens is 247 g/mol. The van der Waals surface area contributed by atoms with Crippen molar-refractivity contribution in [2.24, 2.45) is 5.41 Å². The van der Waals surface area contributed by atoms with Crippen LogP contribution in [0.1, 0.15) is 6.42 Å². The molecular formula is C11H12F3N3O. The molecule has 0 aromatic carbocycles. The minimum Gasteiger partial charge on any atom is -0.317 e. The predicted octanol–water partition coefficient (Wildman–Crippen LogP) is 0.514. The van der Waals surface area contributed by atoms with E-state index in [2.05, 4.69) is 11.2 Å². The van der Waals surface area contributed by atoms with Crippen LogP contribution in [0.2, 0.25) is 0 Å². The number of nitrogens with one attached hydrogen (secondary N) is 1. The molecule has 1 fully saturated rings. The molecule has 0 aromatic heterocycles. The number of amides is 1. The number of nitriles is 1. The lowest BCUT2D eigenvalue weighted by molar-refractivity contribution is -0.221. The summed E-state index contributed by atoms with van der Waals surface area (Å²) in [5.74, 6) is 0.966. The normalized spacial score (nSPS) is 23.2. The third kappa shape index (κ3) is 2.41. The average Bonchev–Trinajstić information content (AvgIpc) is 2.77. The van der Waals surface area contributed by atoms with E-state index < -0.39 is 30.6 Å². The van der Waals surface area contributed by atoms with Gasteiger partial charge in [0.2, 0.25) is 5.91 Å². The van der Waals surface area contributed by atoms with Crippen LogP contribution in [0.4, 0.5) is 13.2 Å². The predicted molar refractivity (Wildman–Crippen MR) is 57.0 cm³/mol. The van der Waals surface area contributed by atoms with Crippen LogP contribution < -0.4 is 5.32 Å². The van der Waals surface area contributed by atoms with Crippen LogP contribution in [0.5, 0.6) is 0 Å². The zero-order valence-electron chi connectivity index (χ0n) is 9.55. The number of halogens is 3. The fourth-order valence-electron chi connectivity index (χ4n) is 1.94. The van der Waals surface area contributed by atoms with Gasteiger partial charge in [-0.3, -0.25) is 4.79 Å². The van der Waals surface area contributed by atoms with E-state index in [-0.39, 0.29) is 19.5 Å². The van der Waals surface area contributed by atoms with Gasteiger partial charge in [-0.1, -0.05) is 5.92 Å². The number of hydrogen-bond acceptors (Lipinski definition) is 3. The van der Waals surface area contributed by atoms with Crippen LogP contribution in [-0.2, 0) is 4.79 Å². The van der Waals surface area contributed by atoms with Crippen molar-refractivity contribution in [3.63, 3.8) is 0 Å². The van der Waals surface area contributed by atoms with Gasteiger partial charge in [0.25, 0.3) is 0 Å². The van der Waals surface area contributed by atoms with Gasteiger partial charge in [-0.25, -0.2) is 0 Å². The van der Waals surface area contributed by atoms with E-state index in [1.54, 1.807) is 6.07 Å². The minimum atomic E-state index is -4.66. The fraction of sp³-hybridized carbons (Fsp3) is 0.636. The Morgan fingerprint density at radius 2 is 2.17 bits per heavy atom. The van der Waals surface area contributed by atoms with Crippen molar-refractivity contribution in [1.29, 1.82) is 5.26 Å². The molecule has 0 spiro atoms. The first-order valence-corrected chi connectivity index (χ1v) is 5.26. The third-order valence-electron chi connectivity index (χ3n) is 2.94. The second-order valence-corrected chi connectivity index (χ2v) is 4.03. The zero-order valence-corrected chi connectivity index (χ0v) is 9.55. The van der Waals surface area contributed by atoms with Crippen LogP contribution in [0.15, 0.2) is 0 Å². The van der Waals surface area contributed by atoms with Gasteiger partial charge in [-0.2, -0.15) is 18.4 Å². The van der Waals surface area contributed by atoms with Crippen molar-refractivity contribution >= 4 is 5.91 Å². The van der Waals surface area contributed by atoms with Gasteiger partial charge < -0.3 is 10.2 Å². The van der Waals surface area contributed by atoms with Gasteiger partial charge in [0, 0.05) is 6.54 Å². The molecule has 0 radical (unpaired) electrons. The number of rotatable bonds is 3. The summed E-state index contributed by atoms with van der Waals surface area (Å²) >= 11 is 0. The van der Waals surface area contributed by atoms with Crippen LogP contribution in [0, 0.1) is 29.1 Å². The minimum absolute atomic E-state index is 0.113. The molecule has 0 aromatic rings. The first-order chi connectivity index (χ1) is 8.39. The number of carbonyl (C=O) groups excluding carboxylic acids is 1. The highest BCUT2D eigenvalue weighted by atomic mass is 19.4. The lowest BCUT2D eigenvalue weighted by Gasteiger charge is -2.33. The third-order valence-corrected chi connectivity index (χ3v) is 2.94. The van der Waals surface area contributed by atoms with E-state index in [0.717, 1.165) is 4.90 Å². The summed E-state index contributed by atoms with van der Waals surface area (Å²) < 4.78 is 39.3. The second-order valence-electron chi connectivity index (χ2n) is 4.03. The second kappa shape index (κ2) is 5.28. The molecule has 1 atom stereocenters. The Kier molecular flexibility index (Phi) is 4.20. The highest BCUT2D eigenvalue weighted by Gasteiger charge is 2.62. The molecule has 0 aliphatic carbocycles. The fourth-order valence-corrected chi connectivity index (χ4v) is 1.94. The quantitative estimate of drug-likeness (QED) is 0.593. The van der Waals surface area contributed by atoms with Crippen LogP contribution in [0.25, 0.3) is 0 Å². The first-order valence-electron chi connectivity index (χ1n) is 5.26. The van der Waals surface area contributed by atoms with Crippen LogP contribution >= 0.6 is 0 Å². The van der Waals surface area contributed by atoms with Crippen molar-refractivity contribution in [2.45, 2.75) is 12.6 Å². The smallest absolute Gasteiger partial charge is 0.317 e. The van der Waals surface area contributed by atoms with Crippen molar-refractivity contribution in [3.8, 4) is 18.4 Å². The van der Waals surface area contributed by atoms with E-state index in [4.69, 9.17) is 11.7 Å². The van der Waals surface area contributed by atoms with Gasteiger partial charge in [-0.15, -0.1) is 6.42 Å². The number of nitrogens with zero attached hydrogens (tertiary/aromatic N) is 2. The molecule has 1 saturated heterocycles. The van der Waals surface area contributed by atoms with Gasteiger partial charge in [0.15, 0.2) is 5.41 Å². The van der Waals surface area contributed by atoms with Gasteiger partial charge >= 0.3 is 6.18 Å². The lowest BCUT2D eigenvalue weighted by Crippen LogP contribution is -2.53. The van der Waals surface area contributed by atoms with E-state index in [9.17, 15) is 18.0 Å². The summed E-state index contributed by atoms with van der Waals surface area (Å²) in [5.41, 5.74) is -2.46. The van der Waals surface area contributed by atoms with Crippen molar-refractivity contribution < 1.29 is 18.0 Å². The van der Waals surface area contributed by atoms with Crippen molar-refractivity contribution in [2.75, 3.05) is 26.2 Å². The zero-order chi connectivity index (χ0) is 13.8. The summed E-state index contributed by atoms with van der Waals surface area (Å²) in [6, 6.07) is 1.65. The summed E-state index contributed by atoms with van der Waals surface area (Å²) in [7, 11) is 0. The molecule has 1 rings (SSSR count). The molecule has 18 heavy (non-hydrogen) atoms. The number of carbonyl (C=O) groups is 1. The number of hydrogen-bond donors (Lipinski definition) is 1. The summed E-state index contributed by atoms with van der Waals surface area (Å²) in [6.07, 6.45) is 0.00981. The van der Waals surface area contributed by atoms with Crippen LogP contribution in [0.3, 0.4) is 0 Å². The Balaban J connectivity index is 3.04. The molecule has 0 saturated carbocycles. The maximum Gasteiger partial charge on any atom is 0.404 e. The molecule has 4 nitrogen and oxygen atoms in total. The molecule has 7 heteroatoms. The molecule has 1 aliphatic rings. The topological polar surface area (TPSA) is 56.1 Å². The van der Waals surface area contributed by atoms with Crippen molar-refractivity contribution in [3.05, 3.63) is 0 Å². The van der Waals surface area contributed by atoms with Gasteiger partial charge in [0.1, 0.15) is 6.54 Å². The Hall–Kier alpha value is -1.73. The highest BCUT2D eigenvalue weighted by Crippen LogP contribution is 2.44. The number of terminal acetylenes is 1. The monoisotopic (exact) mass is 259 g/mol. The Labute approximate surface area is 103 Å². The van der Waals surface area contributed by atoms with E-state index in [1.165, 1.54) is 0 Å². The van der Waals surface area contributed by atoms with Gasteiger partial charge in [0.05, 0.1) is 12.6 Å². The first kappa shape index (κ1) is 14.3. The summed E-state index contributed by atoms with van der Waals surface area (Å²) in [5, 5.41) is 11.1. The molecule has 1 N–H and O–H groups in total. The maximum absolute atomic E-state index is 13.1. The Morgan fingerprint density at radius 3 is 2.56 bits per heavy atom. The Bertz CT molecular complexity index is 383. The van der Waals surface area contributed by atoms with E-state index >= 15 is 0 Å². The largest absolute Gasteiger partial charge is 0.404 e. The summed E-state index contributed by atoms with van der Waals surface area (Å²) in [4.78, 5) is 12.8. The van der Waals surface area contributed by atoms with E-state index in [1.807, 2.05) is 0 Å². The summed E-state index contributed by atoms with van der Waals surface area (Å²) in [6.45, 7) is -1.10. The SMILES string of the molecule is C#CCN(CC#N)C(=O)C1(C(F)(F)F)CCNC1. The molecule has 98 valence electrons. The molecule has 1 aliphatic heterocycles. The molecule has 1 amide bonds. The standard InChI is InChI=1S/C11H12F3N3O/c1-2-6-17(7-4-15)9(18)10(11(12,13)14)3-5-16-8-10/h1,16H,3,5-8H2. The Morgan fingerprint density at radius 1 is 1.50 bits per heavy atom. The van der Waals surface area contributed by atoms with Gasteiger partial charge in [-0.05, 0) is 13.0 Å². The highest BCUT2D eigenvalue weighted by molar-refractivity contribution is 5.84. The van der Waals surface area contributed by atoms with E-state index in [0.29, 0.717) is 0 Å². The molecule has 1 heterocycles. The number of alkyl halides is 3. The maximum atomic E-state index is 13.1. The van der Waals surface area contributed by atoms with Crippen molar-refractivity contribution in [1.82, 2.24) is 10.2 Å². The lowest BCUT2D eigenvalue weighted by atomic mass is 9.84. The molecule has 1 unspecified atom stereocenters. The average molecular weight is 259 g/mol. The molecule has 0 bridgehead atoms.